The van der Waals surface area contributed by atoms with E-state index in [9.17, 15) is 0 Å². The van der Waals surface area contributed by atoms with Crippen LogP contribution in [0.15, 0.2) is 39.1 Å². The van der Waals surface area contributed by atoms with E-state index >= 15 is 0 Å². The first-order valence-electron chi connectivity index (χ1n) is 6.97. The van der Waals surface area contributed by atoms with Crippen LogP contribution in [-0.4, -0.2) is 25.6 Å². The van der Waals surface area contributed by atoms with Gasteiger partial charge in [0.05, 0.1) is 5.69 Å². The molecular weight excluding hydrogens is 286 g/mol. The van der Waals surface area contributed by atoms with Crippen LogP contribution < -0.4 is 5.32 Å². The Labute approximate surface area is 126 Å². The number of pyridine rings is 1. The Morgan fingerprint density at radius 1 is 1.38 bits per heavy atom. The topological polar surface area (TPSA) is 68.2 Å². The van der Waals surface area contributed by atoms with Gasteiger partial charge in [-0.1, -0.05) is 6.07 Å². The lowest BCUT2D eigenvalue weighted by atomic mass is 10.4. The Morgan fingerprint density at radius 2 is 2.29 bits per heavy atom. The summed E-state index contributed by atoms with van der Waals surface area (Å²) in [4.78, 5) is 4.67. The van der Waals surface area contributed by atoms with Crippen molar-refractivity contribution >= 4 is 17.4 Å². The van der Waals surface area contributed by atoms with Gasteiger partial charge in [0.1, 0.15) is 10.7 Å². The molecule has 3 aromatic rings. The van der Waals surface area contributed by atoms with Gasteiger partial charge in [0.15, 0.2) is 0 Å². The molecule has 4 rings (SSSR count). The summed E-state index contributed by atoms with van der Waals surface area (Å²) in [6.07, 6.45) is 4.57. The molecule has 0 amide bonds. The number of nitrogens with zero attached hydrogens (tertiary/aromatic N) is 4. The predicted octanol–water partition coefficient (Wildman–Crippen LogP) is 2.43. The lowest BCUT2D eigenvalue weighted by Crippen LogP contribution is -2.17. The first-order valence-corrected chi connectivity index (χ1v) is 7.78. The van der Waals surface area contributed by atoms with E-state index in [-0.39, 0.29) is 0 Å². The van der Waals surface area contributed by atoms with Gasteiger partial charge in [0.25, 0.3) is 5.22 Å². The number of fused-ring (bicyclic) bond motifs is 1. The minimum Gasteiger partial charge on any atom is -0.416 e. The highest BCUT2D eigenvalue weighted by molar-refractivity contribution is 7.99. The van der Waals surface area contributed by atoms with Crippen LogP contribution in [0.25, 0.3) is 5.65 Å². The Hall–Kier alpha value is -1.86. The van der Waals surface area contributed by atoms with Crippen molar-refractivity contribution in [1.29, 1.82) is 0 Å². The third kappa shape index (κ3) is 2.66. The number of rotatable bonds is 5. The van der Waals surface area contributed by atoms with Crippen LogP contribution in [0.1, 0.15) is 24.4 Å². The highest BCUT2D eigenvalue weighted by atomic mass is 32.2. The molecule has 0 aliphatic heterocycles. The molecule has 1 N–H and O–H groups in total. The number of aryl methyl sites for hydroxylation is 1. The molecule has 7 heteroatoms. The van der Waals surface area contributed by atoms with Crippen molar-refractivity contribution in [3.8, 4) is 0 Å². The molecule has 3 heterocycles. The SMILES string of the molecule is Cc1nnc(Sc2nc3ccccn3c2CNC2CC2)o1. The highest BCUT2D eigenvalue weighted by Gasteiger charge is 2.22. The highest BCUT2D eigenvalue weighted by Crippen LogP contribution is 2.30. The molecule has 0 aromatic carbocycles. The molecule has 0 radical (unpaired) electrons. The van der Waals surface area contributed by atoms with Crippen molar-refractivity contribution in [2.75, 3.05) is 0 Å². The molecule has 0 bridgehead atoms. The number of hydrogen-bond donors (Lipinski definition) is 1. The molecule has 108 valence electrons. The van der Waals surface area contributed by atoms with Gasteiger partial charge in [-0.25, -0.2) is 4.98 Å². The molecule has 0 saturated heterocycles. The number of nitrogens with one attached hydrogen (secondary N) is 1. The van der Waals surface area contributed by atoms with Crippen LogP contribution in [0.5, 0.6) is 0 Å². The maximum atomic E-state index is 5.45. The zero-order chi connectivity index (χ0) is 14.2. The Morgan fingerprint density at radius 3 is 3.05 bits per heavy atom. The van der Waals surface area contributed by atoms with Crippen LogP contribution in [-0.2, 0) is 6.54 Å². The summed E-state index contributed by atoms with van der Waals surface area (Å²) in [5, 5.41) is 12.9. The first-order chi connectivity index (χ1) is 10.3. The standard InChI is InChI=1S/C14H15N5OS/c1-9-17-18-14(20-9)21-13-11(8-15-10-5-6-10)19-7-3-2-4-12(19)16-13/h2-4,7,10,15H,5-6,8H2,1H3. The Balaban J connectivity index is 1.69. The normalized spacial score (nSPS) is 14.9. The summed E-state index contributed by atoms with van der Waals surface area (Å²) in [7, 11) is 0. The fourth-order valence-electron chi connectivity index (χ4n) is 2.20. The molecular formula is C14H15N5OS. The lowest BCUT2D eigenvalue weighted by Gasteiger charge is -2.04. The minimum absolute atomic E-state index is 0.531. The van der Waals surface area contributed by atoms with E-state index in [2.05, 4.69) is 24.9 Å². The van der Waals surface area contributed by atoms with Crippen molar-refractivity contribution in [3.63, 3.8) is 0 Å². The fourth-order valence-corrected chi connectivity index (χ4v) is 3.04. The van der Waals surface area contributed by atoms with Crippen LogP contribution in [0.4, 0.5) is 0 Å². The molecule has 21 heavy (non-hydrogen) atoms. The Kier molecular flexibility index (Phi) is 3.16. The predicted molar refractivity (Wildman–Crippen MR) is 78.2 cm³/mol. The second kappa shape index (κ2) is 5.16. The van der Waals surface area contributed by atoms with Crippen LogP contribution in [0.2, 0.25) is 0 Å². The van der Waals surface area contributed by atoms with E-state index in [1.165, 1.54) is 24.6 Å². The van der Waals surface area contributed by atoms with Crippen molar-refractivity contribution < 1.29 is 4.42 Å². The number of aromatic nitrogens is 4. The quantitative estimate of drug-likeness (QED) is 0.780. The second-order valence-corrected chi connectivity index (χ2v) is 6.08. The average Bonchev–Trinajstić information content (AvgIpc) is 3.13. The summed E-state index contributed by atoms with van der Waals surface area (Å²) in [6.45, 7) is 2.58. The first kappa shape index (κ1) is 12.8. The van der Waals surface area contributed by atoms with Gasteiger partial charge in [0.2, 0.25) is 5.89 Å². The largest absolute Gasteiger partial charge is 0.416 e. The summed E-state index contributed by atoms with van der Waals surface area (Å²) in [5.74, 6) is 0.568. The Bertz CT molecular complexity index is 777. The maximum absolute atomic E-state index is 5.45. The number of hydrogen-bond acceptors (Lipinski definition) is 6. The molecule has 0 unspecified atom stereocenters. The molecule has 1 saturated carbocycles. The van der Waals surface area contributed by atoms with Crippen molar-refractivity contribution in [1.82, 2.24) is 24.9 Å². The van der Waals surface area contributed by atoms with E-state index in [4.69, 9.17) is 4.42 Å². The molecule has 6 nitrogen and oxygen atoms in total. The molecule has 3 aromatic heterocycles. The van der Waals surface area contributed by atoms with Crippen LogP contribution in [0.3, 0.4) is 0 Å². The smallest absolute Gasteiger partial charge is 0.282 e. The van der Waals surface area contributed by atoms with E-state index in [0.717, 1.165) is 22.9 Å². The van der Waals surface area contributed by atoms with Crippen LogP contribution in [0, 0.1) is 6.92 Å². The third-order valence-corrected chi connectivity index (χ3v) is 4.28. The minimum atomic E-state index is 0.531. The van der Waals surface area contributed by atoms with E-state index in [1.54, 1.807) is 6.92 Å². The van der Waals surface area contributed by atoms with Gasteiger partial charge < -0.3 is 14.1 Å². The van der Waals surface area contributed by atoms with Gasteiger partial charge in [-0.2, -0.15) is 0 Å². The number of imidazole rings is 1. The summed E-state index contributed by atoms with van der Waals surface area (Å²) in [5.41, 5.74) is 2.07. The summed E-state index contributed by atoms with van der Waals surface area (Å²) in [6, 6.07) is 6.67. The van der Waals surface area contributed by atoms with Crippen LogP contribution >= 0.6 is 11.8 Å². The van der Waals surface area contributed by atoms with Gasteiger partial charge in [-0.15, -0.1) is 10.2 Å². The van der Waals surface area contributed by atoms with E-state index in [0.29, 0.717) is 17.2 Å². The summed E-state index contributed by atoms with van der Waals surface area (Å²) < 4.78 is 7.56. The zero-order valence-electron chi connectivity index (χ0n) is 11.6. The van der Waals surface area contributed by atoms with E-state index < -0.39 is 0 Å². The van der Waals surface area contributed by atoms with Gasteiger partial charge >= 0.3 is 0 Å². The van der Waals surface area contributed by atoms with E-state index in [1.807, 2.05) is 24.4 Å². The zero-order valence-corrected chi connectivity index (χ0v) is 12.4. The van der Waals surface area contributed by atoms with Crippen molar-refractivity contribution in [2.45, 2.75) is 42.6 Å². The monoisotopic (exact) mass is 301 g/mol. The maximum Gasteiger partial charge on any atom is 0.282 e. The molecule has 1 fully saturated rings. The lowest BCUT2D eigenvalue weighted by molar-refractivity contribution is 0.429. The van der Waals surface area contributed by atoms with Gasteiger partial charge in [0, 0.05) is 25.7 Å². The molecule has 0 atom stereocenters. The molecule has 0 spiro atoms. The summed E-state index contributed by atoms with van der Waals surface area (Å²) >= 11 is 1.42. The van der Waals surface area contributed by atoms with Crippen molar-refractivity contribution in [3.05, 3.63) is 36.0 Å². The van der Waals surface area contributed by atoms with Gasteiger partial charge in [-0.3, -0.25) is 0 Å². The second-order valence-electron chi connectivity index (χ2n) is 5.14. The molecule has 1 aliphatic carbocycles. The van der Waals surface area contributed by atoms with Gasteiger partial charge in [-0.05, 0) is 36.7 Å². The third-order valence-electron chi connectivity index (χ3n) is 3.42. The molecule has 1 aliphatic rings. The average molecular weight is 301 g/mol. The van der Waals surface area contributed by atoms with Crippen molar-refractivity contribution in [2.24, 2.45) is 0 Å². The fraction of sp³-hybridized carbons (Fsp3) is 0.357.